The Morgan fingerprint density at radius 3 is 2.84 bits per heavy atom. The van der Waals surface area contributed by atoms with E-state index in [4.69, 9.17) is 9.47 Å². The molecule has 0 aliphatic carbocycles. The van der Waals surface area contributed by atoms with Gasteiger partial charge in [0.25, 0.3) is 0 Å². The van der Waals surface area contributed by atoms with Crippen molar-refractivity contribution in [3.05, 3.63) is 36.0 Å². The summed E-state index contributed by atoms with van der Waals surface area (Å²) < 4.78 is 15.0. The number of nitrogens with zero attached hydrogens (tertiary/aromatic N) is 1. The molecule has 1 N–H and O–H groups in total. The van der Waals surface area contributed by atoms with Crippen LogP contribution in [0, 0.1) is 11.8 Å². The summed E-state index contributed by atoms with van der Waals surface area (Å²) >= 11 is 1.53. The lowest BCUT2D eigenvalue weighted by atomic mass is 9.97. The number of ether oxygens (including phenoxy) is 2. The fourth-order valence-corrected chi connectivity index (χ4v) is 3.56. The molecule has 4 nitrogen and oxygen atoms in total. The second-order valence-corrected chi connectivity index (χ2v) is 7.64. The number of nitrogens with one attached hydrogen (secondary N) is 1. The van der Waals surface area contributed by atoms with Gasteiger partial charge in [0.1, 0.15) is 23.9 Å². The molecular formula is C20H26N2O2S. The van der Waals surface area contributed by atoms with Crippen molar-refractivity contribution in [2.24, 2.45) is 11.8 Å². The first-order valence-corrected chi connectivity index (χ1v) is 9.97. The molecule has 1 aromatic heterocycles. The van der Waals surface area contributed by atoms with Crippen molar-refractivity contribution in [1.29, 1.82) is 0 Å². The van der Waals surface area contributed by atoms with Gasteiger partial charge in [-0.2, -0.15) is 0 Å². The van der Waals surface area contributed by atoms with E-state index in [0.29, 0.717) is 18.4 Å². The van der Waals surface area contributed by atoms with E-state index in [9.17, 15) is 0 Å². The predicted molar refractivity (Wildman–Crippen MR) is 105 cm³/mol. The molecule has 3 rings (SSSR count). The highest BCUT2D eigenvalue weighted by atomic mass is 32.2. The van der Waals surface area contributed by atoms with Gasteiger partial charge in [-0.05, 0) is 42.0 Å². The Morgan fingerprint density at radius 1 is 1.24 bits per heavy atom. The first-order chi connectivity index (χ1) is 12.1. The van der Waals surface area contributed by atoms with Crippen LogP contribution in [0.1, 0.15) is 32.8 Å². The molecule has 1 unspecified atom stereocenters. The van der Waals surface area contributed by atoms with Gasteiger partial charge < -0.3 is 14.2 Å². The third kappa shape index (κ3) is 4.40. The highest BCUT2D eigenvalue weighted by molar-refractivity contribution is 7.99. The second kappa shape index (κ2) is 8.00. The van der Waals surface area contributed by atoms with Gasteiger partial charge in [-0.3, -0.25) is 0 Å². The van der Waals surface area contributed by atoms with Crippen molar-refractivity contribution in [2.45, 2.75) is 33.8 Å². The number of hydrogen-bond donors (Lipinski definition) is 1. The normalized spacial score (nSPS) is 13.6. The van der Waals surface area contributed by atoms with E-state index in [1.54, 1.807) is 6.20 Å². The molecule has 1 aromatic carbocycles. The van der Waals surface area contributed by atoms with Gasteiger partial charge in [-0.1, -0.05) is 38.8 Å². The van der Waals surface area contributed by atoms with Crippen molar-refractivity contribution in [3.63, 3.8) is 0 Å². The largest absolute Gasteiger partial charge is 0.493 e. The van der Waals surface area contributed by atoms with Gasteiger partial charge in [-0.15, -0.1) is 0 Å². The number of rotatable bonds is 7. The molecule has 25 heavy (non-hydrogen) atoms. The maximum absolute atomic E-state index is 6.00. The molecule has 5 heteroatoms. The van der Waals surface area contributed by atoms with Gasteiger partial charge in [0.05, 0.1) is 12.8 Å². The van der Waals surface area contributed by atoms with Crippen LogP contribution >= 0.6 is 11.9 Å². The monoisotopic (exact) mass is 358 g/mol. The van der Waals surface area contributed by atoms with Gasteiger partial charge in [-0.25, -0.2) is 4.98 Å². The average molecular weight is 359 g/mol. The molecule has 0 saturated heterocycles. The molecule has 2 heterocycles. The minimum Gasteiger partial charge on any atom is -0.493 e. The van der Waals surface area contributed by atoms with E-state index in [-0.39, 0.29) is 0 Å². The summed E-state index contributed by atoms with van der Waals surface area (Å²) in [6.07, 6.45) is 4.95. The Morgan fingerprint density at radius 2 is 2.08 bits per heavy atom. The topological polar surface area (TPSA) is 43.4 Å². The van der Waals surface area contributed by atoms with Crippen molar-refractivity contribution in [1.82, 2.24) is 4.98 Å². The van der Waals surface area contributed by atoms with E-state index >= 15 is 0 Å². The Bertz CT molecular complexity index is 734. The zero-order chi connectivity index (χ0) is 17.8. The van der Waals surface area contributed by atoms with Crippen LogP contribution < -0.4 is 14.2 Å². The average Bonchev–Trinajstić information content (AvgIpc) is 2.59. The molecule has 0 bridgehead atoms. The van der Waals surface area contributed by atoms with Crippen LogP contribution in [0.4, 0.5) is 5.82 Å². The van der Waals surface area contributed by atoms with E-state index in [2.05, 4.69) is 48.7 Å². The van der Waals surface area contributed by atoms with Crippen LogP contribution in [0.25, 0.3) is 11.1 Å². The summed E-state index contributed by atoms with van der Waals surface area (Å²) in [4.78, 5) is 4.36. The molecule has 0 spiro atoms. The number of pyridine rings is 1. The lowest BCUT2D eigenvalue weighted by molar-refractivity contribution is 0.238. The zero-order valence-corrected chi connectivity index (χ0v) is 16.2. The summed E-state index contributed by atoms with van der Waals surface area (Å²) in [5.74, 6) is 3.84. The van der Waals surface area contributed by atoms with Crippen LogP contribution in [0.3, 0.4) is 0 Å². The van der Waals surface area contributed by atoms with E-state index < -0.39 is 0 Å². The molecule has 0 fully saturated rings. The number of anilines is 1. The molecule has 1 atom stereocenters. The quantitative estimate of drug-likeness (QED) is 0.672. The van der Waals surface area contributed by atoms with E-state index in [0.717, 1.165) is 35.1 Å². The van der Waals surface area contributed by atoms with Gasteiger partial charge in [0.2, 0.25) is 0 Å². The number of fused-ring (bicyclic) bond motifs is 3. The molecule has 2 aromatic rings. The Labute approximate surface area is 154 Å². The summed E-state index contributed by atoms with van der Waals surface area (Å²) in [5, 5.41) is 0. The molecule has 0 saturated carbocycles. The Balaban J connectivity index is 1.76. The van der Waals surface area contributed by atoms with Crippen molar-refractivity contribution < 1.29 is 9.47 Å². The second-order valence-electron chi connectivity index (χ2n) is 7.03. The SMILES string of the molecule is CSNc1cc2c(cn1)OCc1cc(OCC(C)CC(C)C)ccc1-2. The smallest absolute Gasteiger partial charge is 0.146 e. The minimum atomic E-state index is 0.554. The highest BCUT2D eigenvalue weighted by Gasteiger charge is 2.19. The maximum Gasteiger partial charge on any atom is 0.146 e. The number of benzene rings is 1. The van der Waals surface area contributed by atoms with Crippen LogP contribution in [0.5, 0.6) is 11.5 Å². The summed E-state index contributed by atoms with van der Waals surface area (Å²) in [6.45, 7) is 8.04. The first-order valence-electron chi connectivity index (χ1n) is 8.74. The number of aromatic nitrogens is 1. The van der Waals surface area contributed by atoms with E-state index in [1.165, 1.54) is 23.9 Å². The summed E-state index contributed by atoms with van der Waals surface area (Å²) in [6, 6.07) is 8.32. The Kier molecular flexibility index (Phi) is 5.74. The minimum absolute atomic E-state index is 0.554. The maximum atomic E-state index is 6.00. The first kappa shape index (κ1) is 17.9. The summed E-state index contributed by atoms with van der Waals surface area (Å²) in [7, 11) is 0. The molecule has 1 aliphatic heterocycles. The Hall–Kier alpha value is -1.88. The molecule has 1 aliphatic rings. The van der Waals surface area contributed by atoms with Gasteiger partial charge in [0, 0.05) is 17.4 Å². The van der Waals surface area contributed by atoms with Gasteiger partial charge in [0.15, 0.2) is 0 Å². The third-order valence-electron chi connectivity index (χ3n) is 4.23. The summed E-state index contributed by atoms with van der Waals surface area (Å²) in [5.41, 5.74) is 3.42. The fourth-order valence-electron chi connectivity index (χ4n) is 3.24. The standard InChI is InChI=1S/C20H26N2O2S/c1-13(2)7-14(3)11-23-16-5-6-17-15(8-16)12-24-19-10-21-20(22-25-4)9-18(17)19/h5-6,8-10,13-14H,7,11-12H2,1-4H3,(H,21,22). The molecule has 0 radical (unpaired) electrons. The van der Waals surface area contributed by atoms with Crippen LogP contribution in [0.15, 0.2) is 30.5 Å². The van der Waals surface area contributed by atoms with Crippen molar-refractivity contribution in [2.75, 3.05) is 17.6 Å². The molecule has 134 valence electrons. The van der Waals surface area contributed by atoms with Crippen LogP contribution in [0.2, 0.25) is 0 Å². The zero-order valence-electron chi connectivity index (χ0n) is 15.3. The van der Waals surface area contributed by atoms with Crippen molar-refractivity contribution >= 4 is 17.8 Å². The van der Waals surface area contributed by atoms with E-state index in [1.807, 2.05) is 12.3 Å². The third-order valence-corrected chi connectivity index (χ3v) is 4.65. The number of hydrogen-bond acceptors (Lipinski definition) is 5. The highest BCUT2D eigenvalue weighted by Crippen LogP contribution is 2.39. The predicted octanol–water partition coefficient (Wildman–Crippen LogP) is 5.39. The lowest BCUT2D eigenvalue weighted by Crippen LogP contribution is -2.12. The van der Waals surface area contributed by atoms with Crippen LogP contribution in [-0.2, 0) is 6.61 Å². The fraction of sp³-hybridized carbons (Fsp3) is 0.450. The molecule has 0 amide bonds. The van der Waals surface area contributed by atoms with Crippen LogP contribution in [-0.4, -0.2) is 17.8 Å². The molecular weight excluding hydrogens is 332 g/mol. The van der Waals surface area contributed by atoms with Gasteiger partial charge >= 0.3 is 0 Å². The lowest BCUT2D eigenvalue weighted by Gasteiger charge is -2.22. The van der Waals surface area contributed by atoms with Crippen molar-refractivity contribution in [3.8, 4) is 22.6 Å².